The molecule has 0 aliphatic carbocycles. The molecule has 0 amide bonds. The van der Waals surface area contributed by atoms with Gasteiger partial charge in [-0.3, -0.25) is 19.0 Å². The molecule has 8 nitrogen and oxygen atoms in total. The minimum atomic E-state index is -4.61. The molecule has 1 aliphatic heterocycles. The third-order valence-corrected chi connectivity index (χ3v) is 6.87. The number of hydrogen-bond donors (Lipinski definition) is 2. The van der Waals surface area contributed by atoms with Crippen LogP contribution in [0.5, 0.6) is 0 Å². The Morgan fingerprint density at radius 2 is 1.89 bits per heavy atom. The van der Waals surface area contributed by atoms with Crippen molar-refractivity contribution in [2.24, 2.45) is 11.8 Å². The van der Waals surface area contributed by atoms with E-state index < -0.39 is 36.7 Å². The number of aliphatic hydroxyl groups excluding tert-OH is 2. The van der Waals surface area contributed by atoms with Gasteiger partial charge < -0.3 is 10.2 Å². The van der Waals surface area contributed by atoms with Crippen molar-refractivity contribution in [3.63, 3.8) is 0 Å². The van der Waals surface area contributed by atoms with Crippen LogP contribution >= 0.6 is 0 Å². The summed E-state index contributed by atoms with van der Waals surface area (Å²) in [7, 11) is 0. The maximum atomic E-state index is 14.2. The number of hydrogen-bond acceptors (Lipinski definition) is 6. The average molecular weight is 539 g/mol. The van der Waals surface area contributed by atoms with Gasteiger partial charge in [-0.1, -0.05) is 13.8 Å². The van der Waals surface area contributed by atoms with E-state index in [1.807, 2.05) is 13.8 Å². The molecule has 13 heteroatoms. The number of aromatic nitrogens is 5. The van der Waals surface area contributed by atoms with Crippen molar-refractivity contribution in [1.82, 2.24) is 29.0 Å². The number of aliphatic hydroxyl groups is 2. The molecular weight excluding hydrogens is 511 g/mol. The summed E-state index contributed by atoms with van der Waals surface area (Å²) < 4.78 is 70.3. The molecule has 3 unspecified atom stereocenters. The van der Waals surface area contributed by atoms with E-state index in [1.165, 1.54) is 18.5 Å². The smallest absolute Gasteiger partial charge is 0.393 e. The molecule has 2 N–H and O–H groups in total. The Morgan fingerprint density at radius 3 is 2.61 bits per heavy atom. The minimum absolute atomic E-state index is 0.00776. The van der Waals surface area contributed by atoms with Crippen LogP contribution in [-0.2, 0) is 6.54 Å². The molecule has 4 aromatic heterocycles. The quantitative estimate of drug-likeness (QED) is 0.356. The van der Waals surface area contributed by atoms with Gasteiger partial charge in [-0.05, 0) is 30.7 Å². The zero-order chi connectivity index (χ0) is 27.4. The van der Waals surface area contributed by atoms with E-state index in [-0.39, 0.29) is 39.5 Å². The van der Waals surface area contributed by atoms with Gasteiger partial charge in [0.25, 0.3) is 0 Å². The molecule has 38 heavy (non-hydrogen) atoms. The summed E-state index contributed by atoms with van der Waals surface area (Å²) in [6.07, 6.45) is -1.63. The second-order valence-electron chi connectivity index (χ2n) is 10.2. The first kappa shape index (κ1) is 26.4. The van der Waals surface area contributed by atoms with Gasteiger partial charge in [0, 0.05) is 36.9 Å². The largest absolute Gasteiger partial charge is 0.408 e. The molecular formula is C25H27F5N6O2. The number of imidazole rings is 1. The van der Waals surface area contributed by atoms with Gasteiger partial charge in [-0.2, -0.15) is 18.3 Å². The highest BCUT2D eigenvalue weighted by Crippen LogP contribution is 2.34. The van der Waals surface area contributed by atoms with Gasteiger partial charge >= 0.3 is 6.18 Å². The van der Waals surface area contributed by atoms with E-state index in [4.69, 9.17) is 0 Å². The van der Waals surface area contributed by atoms with Crippen molar-refractivity contribution in [3.05, 3.63) is 48.1 Å². The Morgan fingerprint density at radius 1 is 1.13 bits per heavy atom. The van der Waals surface area contributed by atoms with Crippen LogP contribution in [0.1, 0.15) is 38.6 Å². The monoisotopic (exact) mass is 538 g/mol. The normalized spacial score (nSPS) is 20.2. The van der Waals surface area contributed by atoms with Gasteiger partial charge in [0.1, 0.15) is 18.1 Å². The number of pyridine rings is 2. The van der Waals surface area contributed by atoms with E-state index in [0.29, 0.717) is 31.5 Å². The van der Waals surface area contributed by atoms with Crippen molar-refractivity contribution in [3.8, 4) is 11.4 Å². The van der Waals surface area contributed by atoms with Crippen molar-refractivity contribution in [2.45, 2.75) is 51.7 Å². The summed E-state index contributed by atoms with van der Waals surface area (Å²) in [5.74, 6) is -1.53. The average Bonchev–Trinajstić information content (AvgIpc) is 3.40. The fourth-order valence-corrected chi connectivity index (χ4v) is 5.19. The zero-order valence-corrected chi connectivity index (χ0v) is 20.7. The molecule has 5 rings (SSSR count). The lowest BCUT2D eigenvalue weighted by atomic mass is 9.87. The molecule has 5 heterocycles. The molecule has 0 saturated carbocycles. The number of piperidine rings is 1. The Labute approximate surface area is 214 Å². The summed E-state index contributed by atoms with van der Waals surface area (Å²) in [5, 5.41) is 25.8. The van der Waals surface area contributed by atoms with Crippen LogP contribution in [0.2, 0.25) is 0 Å². The van der Waals surface area contributed by atoms with Crippen LogP contribution in [0.25, 0.3) is 27.9 Å². The fraction of sp³-hybridized carbons (Fsp3) is 0.480. The number of halogens is 5. The Hall–Kier alpha value is -3.16. The topological polar surface area (TPSA) is 91.7 Å². The molecule has 0 aromatic carbocycles. The van der Waals surface area contributed by atoms with Crippen LogP contribution in [0, 0.1) is 23.5 Å². The second kappa shape index (κ2) is 9.86. The molecule has 0 radical (unpaired) electrons. The van der Waals surface area contributed by atoms with E-state index in [1.54, 1.807) is 4.90 Å². The molecule has 0 bridgehead atoms. The highest BCUT2D eigenvalue weighted by Gasteiger charge is 2.34. The Kier molecular flexibility index (Phi) is 6.86. The van der Waals surface area contributed by atoms with Gasteiger partial charge in [-0.15, -0.1) is 0 Å². The van der Waals surface area contributed by atoms with E-state index in [9.17, 15) is 32.2 Å². The second-order valence-corrected chi connectivity index (χ2v) is 10.2. The van der Waals surface area contributed by atoms with Crippen molar-refractivity contribution in [1.29, 1.82) is 0 Å². The predicted octanol–water partition coefficient (Wildman–Crippen LogP) is 4.31. The molecule has 3 atom stereocenters. The maximum Gasteiger partial charge on any atom is 0.408 e. The predicted molar refractivity (Wildman–Crippen MR) is 128 cm³/mol. The summed E-state index contributed by atoms with van der Waals surface area (Å²) >= 11 is 0. The third-order valence-electron chi connectivity index (χ3n) is 6.87. The van der Waals surface area contributed by atoms with E-state index >= 15 is 0 Å². The number of fused-ring (bicyclic) bond motifs is 2. The molecule has 1 fully saturated rings. The number of likely N-dealkylation sites (tertiary alicyclic amines) is 1. The van der Waals surface area contributed by atoms with Crippen LogP contribution in [0.15, 0.2) is 30.7 Å². The first-order valence-electron chi connectivity index (χ1n) is 12.3. The van der Waals surface area contributed by atoms with Crippen LogP contribution in [0.4, 0.5) is 22.0 Å². The first-order valence-corrected chi connectivity index (χ1v) is 12.3. The molecule has 1 saturated heterocycles. The van der Waals surface area contributed by atoms with Crippen LogP contribution in [-0.4, -0.2) is 64.6 Å². The third kappa shape index (κ3) is 5.09. The fourth-order valence-electron chi connectivity index (χ4n) is 5.19. The zero-order valence-electron chi connectivity index (χ0n) is 20.7. The van der Waals surface area contributed by atoms with Gasteiger partial charge in [0.15, 0.2) is 17.7 Å². The van der Waals surface area contributed by atoms with Gasteiger partial charge in [-0.25, -0.2) is 13.8 Å². The molecule has 4 aromatic rings. The summed E-state index contributed by atoms with van der Waals surface area (Å²) in [5.41, 5.74) is 0.0591. The first-order chi connectivity index (χ1) is 17.9. The maximum absolute atomic E-state index is 14.2. The highest BCUT2D eigenvalue weighted by atomic mass is 19.4. The number of rotatable bonds is 6. The lowest BCUT2D eigenvalue weighted by Gasteiger charge is -2.39. The summed E-state index contributed by atoms with van der Waals surface area (Å²) in [6.45, 7) is 3.47. The molecule has 1 aliphatic rings. The highest BCUT2D eigenvalue weighted by molar-refractivity contribution is 5.92. The Balaban J connectivity index is 1.56. The van der Waals surface area contributed by atoms with E-state index in [0.717, 1.165) is 21.7 Å². The van der Waals surface area contributed by atoms with Crippen molar-refractivity contribution in [2.75, 3.05) is 13.1 Å². The standard InChI is InChI=1S/C25H27F5N6O2/c1-13(2)5-14-10-34(4-3-21(14)37)24(38)18-7-19-16(8-31-18)22(33-36(19)12-25(28,29)30)20-9-32-23-17(27)6-15(26)11-35(20)23/h6-9,11,13-14,21,24,37-38H,3-5,10,12H2,1-2H3. The van der Waals surface area contributed by atoms with E-state index in [2.05, 4.69) is 15.1 Å². The van der Waals surface area contributed by atoms with Crippen molar-refractivity contribution < 1.29 is 32.2 Å². The summed E-state index contributed by atoms with van der Waals surface area (Å²) in [4.78, 5) is 9.99. The number of nitrogens with zero attached hydrogens (tertiary/aromatic N) is 6. The molecule has 204 valence electrons. The van der Waals surface area contributed by atoms with Gasteiger partial charge in [0.05, 0.1) is 29.2 Å². The van der Waals surface area contributed by atoms with Crippen molar-refractivity contribution >= 4 is 16.6 Å². The lowest BCUT2D eigenvalue weighted by molar-refractivity contribution is -0.141. The van der Waals surface area contributed by atoms with Gasteiger partial charge in [0.2, 0.25) is 0 Å². The SMILES string of the molecule is CC(C)CC1CN(C(O)c2cc3c(cn2)c(-c2cnc4c(F)cc(F)cn24)nn3CC(F)(F)F)CCC1O. The van der Waals surface area contributed by atoms with Crippen LogP contribution < -0.4 is 0 Å². The lowest BCUT2D eigenvalue weighted by Crippen LogP contribution is -2.45. The Bertz CT molecular complexity index is 1470. The van der Waals surface area contributed by atoms with Crippen LogP contribution in [0.3, 0.4) is 0 Å². The molecule has 0 spiro atoms. The number of alkyl halides is 3. The minimum Gasteiger partial charge on any atom is -0.393 e. The summed E-state index contributed by atoms with van der Waals surface area (Å²) in [6, 6.07) is 2.00.